The lowest BCUT2D eigenvalue weighted by molar-refractivity contribution is -0.117. The van der Waals surface area contributed by atoms with Gasteiger partial charge in [-0.25, -0.2) is 4.39 Å². The number of aryl methyl sites for hydroxylation is 1. The zero-order valence-corrected chi connectivity index (χ0v) is 11.2. The van der Waals surface area contributed by atoms with Gasteiger partial charge in [-0.3, -0.25) is 0 Å². The van der Waals surface area contributed by atoms with E-state index in [1.165, 1.54) is 19.1 Å². The van der Waals surface area contributed by atoms with E-state index in [1.807, 2.05) is 0 Å². The molecule has 0 spiro atoms. The molecule has 0 N–H and O–H groups in total. The molecule has 94 valence electrons. The summed E-state index contributed by atoms with van der Waals surface area (Å²) in [5.41, 5.74) is 0.521. The number of ketones is 1. The predicted molar refractivity (Wildman–Crippen MR) is 66.4 cm³/mol. The Labute approximate surface area is 111 Å². The minimum atomic E-state index is -0.372. The molecule has 18 heavy (non-hydrogen) atoms. The highest BCUT2D eigenvalue weighted by Gasteiger charge is 2.12. The van der Waals surface area contributed by atoms with Crippen LogP contribution in [0, 0.1) is 5.82 Å². The number of benzene rings is 1. The summed E-state index contributed by atoms with van der Waals surface area (Å²) in [4.78, 5) is 15.0. The molecule has 0 radical (unpaired) electrons. The van der Waals surface area contributed by atoms with E-state index in [9.17, 15) is 9.18 Å². The summed E-state index contributed by atoms with van der Waals surface area (Å²) in [7, 11) is 0. The molecule has 0 aliphatic carbocycles. The van der Waals surface area contributed by atoms with E-state index < -0.39 is 0 Å². The third-order valence-corrected chi connectivity index (χ3v) is 3.02. The van der Waals surface area contributed by atoms with Crippen molar-refractivity contribution >= 4 is 21.7 Å². The van der Waals surface area contributed by atoms with Crippen molar-refractivity contribution in [2.45, 2.75) is 19.8 Å². The van der Waals surface area contributed by atoms with Crippen molar-refractivity contribution in [3.8, 4) is 11.4 Å². The Balaban J connectivity index is 2.23. The number of rotatable bonds is 4. The Morgan fingerprint density at radius 3 is 3.00 bits per heavy atom. The zero-order valence-electron chi connectivity index (χ0n) is 9.61. The Kier molecular flexibility index (Phi) is 3.86. The summed E-state index contributed by atoms with van der Waals surface area (Å²) in [6.07, 6.45) is 0.751. The molecule has 1 heterocycles. The molecule has 1 aromatic heterocycles. The second kappa shape index (κ2) is 5.39. The van der Waals surface area contributed by atoms with Crippen LogP contribution >= 0.6 is 15.9 Å². The molecule has 2 aromatic rings. The van der Waals surface area contributed by atoms with Crippen LogP contribution in [0.15, 0.2) is 27.2 Å². The van der Waals surface area contributed by atoms with Crippen molar-refractivity contribution in [3.63, 3.8) is 0 Å². The SMILES string of the molecule is CC(=O)CCc1nc(-c2cc(F)ccc2Br)no1. The van der Waals surface area contributed by atoms with E-state index in [1.54, 1.807) is 6.07 Å². The number of carbonyl (C=O) groups excluding carboxylic acids is 1. The van der Waals surface area contributed by atoms with Crippen molar-refractivity contribution in [2.24, 2.45) is 0 Å². The van der Waals surface area contributed by atoms with Crippen molar-refractivity contribution in [1.82, 2.24) is 10.1 Å². The maximum atomic E-state index is 13.1. The molecule has 2 rings (SSSR count). The average Bonchev–Trinajstić information content (AvgIpc) is 2.78. The van der Waals surface area contributed by atoms with Crippen LogP contribution in [0.1, 0.15) is 19.2 Å². The van der Waals surface area contributed by atoms with Crippen LogP contribution in [0.3, 0.4) is 0 Å². The predicted octanol–water partition coefficient (Wildman–Crippen LogP) is 3.16. The molecule has 0 unspecified atom stereocenters. The molecular weight excluding hydrogens is 303 g/mol. The first kappa shape index (κ1) is 12.9. The monoisotopic (exact) mass is 312 g/mol. The van der Waals surface area contributed by atoms with Gasteiger partial charge >= 0.3 is 0 Å². The average molecular weight is 313 g/mol. The highest BCUT2D eigenvalue weighted by atomic mass is 79.9. The molecule has 0 aliphatic rings. The van der Waals surface area contributed by atoms with Crippen LogP contribution in [-0.4, -0.2) is 15.9 Å². The van der Waals surface area contributed by atoms with E-state index in [0.29, 0.717) is 34.6 Å². The van der Waals surface area contributed by atoms with Crippen LogP contribution in [0.4, 0.5) is 4.39 Å². The maximum absolute atomic E-state index is 13.1. The van der Waals surface area contributed by atoms with Crippen LogP contribution < -0.4 is 0 Å². The Morgan fingerprint density at radius 1 is 1.50 bits per heavy atom. The third-order valence-electron chi connectivity index (χ3n) is 2.33. The first-order valence-electron chi connectivity index (χ1n) is 5.33. The fraction of sp³-hybridized carbons (Fsp3) is 0.250. The molecule has 0 saturated heterocycles. The number of hydrogen-bond donors (Lipinski definition) is 0. The summed E-state index contributed by atoms with van der Waals surface area (Å²) in [5.74, 6) is 0.362. The van der Waals surface area contributed by atoms with Crippen LogP contribution in [0.5, 0.6) is 0 Å². The van der Waals surface area contributed by atoms with Gasteiger partial charge in [-0.05, 0) is 25.1 Å². The van der Waals surface area contributed by atoms with Gasteiger partial charge in [-0.2, -0.15) is 4.98 Å². The molecule has 0 aliphatic heterocycles. The van der Waals surface area contributed by atoms with E-state index in [0.717, 1.165) is 0 Å². The van der Waals surface area contributed by atoms with Crippen LogP contribution in [0.2, 0.25) is 0 Å². The number of halogens is 2. The first-order chi connectivity index (χ1) is 8.56. The lowest BCUT2D eigenvalue weighted by atomic mass is 10.2. The standard InChI is InChI=1S/C12H10BrFN2O2/c1-7(17)2-5-11-15-12(16-18-11)9-6-8(14)3-4-10(9)13/h3-4,6H,2,5H2,1H3. The largest absolute Gasteiger partial charge is 0.339 e. The van der Waals surface area contributed by atoms with Gasteiger partial charge in [-0.15, -0.1) is 0 Å². The van der Waals surface area contributed by atoms with Gasteiger partial charge in [0.2, 0.25) is 11.7 Å². The lowest BCUT2D eigenvalue weighted by Gasteiger charge is -1.98. The second-order valence-corrected chi connectivity index (χ2v) is 4.69. The van der Waals surface area contributed by atoms with Crippen molar-refractivity contribution < 1.29 is 13.7 Å². The first-order valence-corrected chi connectivity index (χ1v) is 6.13. The van der Waals surface area contributed by atoms with Gasteiger partial charge in [0.1, 0.15) is 11.6 Å². The minimum Gasteiger partial charge on any atom is -0.339 e. The smallest absolute Gasteiger partial charge is 0.227 e. The van der Waals surface area contributed by atoms with Crippen molar-refractivity contribution in [1.29, 1.82) is 0 Å². The molecule has 6 heteroatoms. The Hall–Kier alpha value is -1.56. The number of hydrogen-bond acceptors (Lipinski definition) is 4. The highest BCUT2D eigenvalue weighted by molar-refractivity contribution is 9.10. The summed E-state index contributed by atoms with van der Waals surface area (Å²) in [6, 6.07) is 4.24. The van der Waals surface area contributed by atoms with Gasteiger partial charge in [0.25, 0.3) is 0 Å². The second-order valence-electron chi connectivity index (χ2n) is 3.84. The number of aromatic nitrogens is 2. The molecule has 0 bridgehead atoms. The minimum absolute atomic E-state index is 0.0571. The molecule has 1 aromatic carbocycles. The lowest BCUT2D eigenvalue weighted by Crippen LogP contribution is -1.94. The van der Waals surface area contributed by atoms with E-state index in [2.05, 4.69) is 26.1 Å². The van der Waals surface area contributed by atoms with E-state index in [4.69, 9.17) is 4.52 Å². The van der Waals surface area contributed by atoms with Gasteiger partial charge in [0.05, 0.1) is 0 Å². The van der Waals surface area contributed by atoms with E-state index in [-0.39, 0.29) is 11.6 Å². The Morgan fingerprint density at radius 2 is 2.28 bits per heavy atom. The summed E-state index contributed by atoms with van der Waals surface area (Å²) >= 11 is 3.30. The van der Waals surface area contributed by atoms with Crippen molar-refractivity contribution in [2.75, 3.05) is 0 Å². The van der Waals surface area contributed by atoms with Gasteiger partial charge in [0, 0.05) is 22.9 Å². The molecule has 0 atom stereocenters. The van der Waals surface area contributed by atoms with Gasteiger partial charge in [-0.1, -0.05) is 21.1 Å². The third kappa shape index (κ3) is 3.01. The molecule has 0 saturated carbocycles. The number of Topliss-reactive ketones (excluding diaryl/α,β-unsaturated/α-hetero) is 1. The Bertz CT molecular complexity index is 583. The summed E-state index contributed by atoms with van der Waals surface area (Å²) < 4.78 is 18.8. The maximum Gasteiger partial charge on any atom is 0.227 e. The molecule has 0 amide bonds. The number of carbonyl (C=O) groups is 1. The zero-order chi connectivity index (χ0) is 13.1. The summed E-state index contributed by atoms with van der Waals surface area (Å²) in [6.45, 7) is 1.50. The molecular formula is C12H10BrFN2O2. The number of nitrogens with zero attached hydrogens (tertiary/aromatic N) is 2. The van der Waals surface area contributed by atoms with Crippen LogP contribution in [-0.2, 0) is 11.2 Å². The van der Waals surface area contributed by atoms with E-state index >= 15 is 0 Å². The molecule has 4 nitrogen and oxygen atoms in total. The van der Waals surface area contributed by atoms with Crippen molar-refractivity contribution in [3.05, 3.63) is 34.4 Å². The summed E-state index contributed by atoms with van der Waals surface area (Å²) in [5, 5.41) is 3.77. The highest BCUT2D eigenvalue weighted by Crippen LogP contribution is 2.26. The fourth-order valence-electron chi connectivity index (χ4n) is 1.42. The topological polar surface area (TPSA) is 56.0 Å². The quantitative estimate of drug-likeness (QED) is 0.870. The van der Waals surface area contributed by atoms with Crippen LogP contribution in [0.25, 0.3) is 11.4 Å². The van der Waals surface area contributed by atoms with Gasteiger partial charge in [0.15, 0.2) is 0 Å². The molecule has 0 fully saturated rings. The fourth-order valence-corrected chi connectivity index (χ4v) is 1.84. The van der Waals surface area contributed by atoms with Gasteiger partial charge < -0.3 is 9.32 Å². The normalized spacial score (nSPS) is 10.6.